The summed E-state index contributed by atoms with van der Waals surface area (Å²) in [4.78, 5) is 0. The van der Waals surface area contributed by atoms with Crippen molar-refractivity contribution in [3.8, 4) is 0 Å². The van der Waals surface area contributed by atoms with Crippen LogP contribution >= 0.6 is 11.6 Å². The Labute approximate surface area is 110 Å². The first-order valence-corrected chi connectivity index (χ1v) is 7.21. The van der Waals surface area contributed by atoms with Crippen LogP contribution in [0.5, 0.6) is 0 Å². The molecule has 17 heavy (non-hydrogen) atoms. The standard InChI is InChI=1S/C15H22ClN/c16-14-10-4-5-11-15(14)17-12-6-9-13-7-2-1-3-8-13/h1-3,7-8,14-15,17H,4-6,9-12H2. The number of hydrogen-bond acceptors (Lipinski definition) is 1. The molecule has 0 bridgehead atoms. The topological polar surface area (TPSA) is 12.0 Å². The van der Waals surface area contributed by atoms with Crippen molar-refractivity contribution in [1.29, 1.82) is 0 Å². The molecule has 0 radical (unpaired) electrons. The average Bonchev–Trinajstić information content (AvgIpc) is 2.38. The number of benzene rings is 1. The summed E-state index contributed by atoms with van der Waals surface area (Å²) in [6.45, 7) is 1.09. The van der Waals surface area contributed by atoms with Crippen LogP contribution in [0.1, 0.15) is 37.7 Å². The van der Waals surface area contributed by atoms with Crippen molar-refractivity contribution in [1.82, 2.24) is 5.32 Å². The Morgan fingerprint density at radius 2 is 1.88 bits per heavy atom. The summed E-state index contributed by atoms with van der Waals surface area (Å²) in [7, 11) is 0. The summed E-state index contributed by atoms with van der Waals surface area (Å²) in [5, 5.41) is 3.96. The number of nitrogens with one attached hydrogen (secondary N) is 1. The molecule has 1 aliphatic rings. The Morgan fingerprint density at radius 3 is 2.65 bits per heavy atom. The van der Waals surface area contributed by atoms with Crippen LogP contribution in [-0.4, -0.2) is 18.0 Å². The molecule has 0 aliphatic heterocycles. The maximum atomic E-state index is 6.32. The summed E-state index contributed by atoms with van der Waals surface area (Å²) < 4.78 is 0. The number of halogens is 1. The fraction of sp³-hybridized carbons (Fsp3) is 0.600. The monoisotopic (exact) mass is 251 g/mol. The molecule has 2 heteroatoms. The molecule has 1 nitrogen and oxygen atoms in total. The van der Waals surface area contributed by atoms with Gasteiger partial charge in [0.25, 0.3) is 0 Å². The molecule has 94 valence electrons. The molecule has 0 saturated heterocycles. The molecule has 1 aromatic carbocycles. The van der Waals surface area contributed by atoms with Crippen molar-refractivity contribution < 1.29 is 0 Å². The van der Waals surface area contributed by atoms with Gasteiger partial charge in [0, 0.05) is 11.4 Å². The first-order valence-electron chi connectivity index (χ1n) is 6.77. The van der Waals surface area contributed by atoms with Crippen LogP contribution in [0.4, 0.5) is 0 Å². The molecule has 1 aliphatic carbocycles. The fourth-order valence-corrected chi connectivity index (χ4v) is 2.91. The Bertz CT molecular complexity index is 312. The quantitative estimate of drug-likeness (QED) is 0.621. The molecule has 1 fully saturated rings. The van der Waals surface area contributed by atoms with E-state index in [2.05, 4.69) is 35.6 Å². The minimum Gasteiger partial charge on any atom is -0.312 e. The molecule has 0 aromatic heterocycles. The van der Waals surface area contributed by atoms with Gasteiger partial charge in [0.05, 0.1) is 0 Å². The zero-order valence-corrected chi connectivity index (χ0v) is 11.1. The van der Waals surface area contributed by atoms with E-state index < -0.39 is 0 Å². The maximum Gasteiger partial charge on any atom is 0.0489 e. The van der Waals surface area contributed by atoms with Gasteiger partial charge in [0.15, 0.2) is 0 Å². The highest BCUT2D eigenvalue weighted by atomic mass is 35.5. The third-order valence-electron chi connectivity index (χ3n) is 3.57. The second kappa shape index (κ2) is 7.03. The number of rotatable bonds is 5. The van der Waals surface area contributed by atoms with Crippen molar-refractivity contribution in [3.63, 3.8) is 0 Å². The van der Waals surface area contributed by atoms with E-state index in [0.29, 0.717) is 11.4 Å². The van der Waals surface area contributed by atoms with Gasteiger partial charge in [-0.05, 0) is 37.8 Å². The lowest BCUT2D eigenvalue weighted by Gasteiger charge is -2.28. The van der Waals surface area contributed by atoms with Crippen LogP contribution in [0.3, 0.4) is 0 Å². The van der Waals surface area contributed by atoms with E-state index in [-0.39, 0.29) is 0 Å². The molecule has 2 atom stereocenters. The van der Waals surface area contributed by atoms with Gasteiger partial charge in [-0.25, -0.2) is 0 Å². The van der Waals surface area contributed by atoms with Crippen molar-refractivity contribution in [2.24, 2.45) is 0 Å². The molecular formula is C15H22ClN. The first-order chi connectivity index (χ1) is 8.36. The lowest BCUT2D eigenvalue weighted by Crippen LogP contribution is -2.39. The van der Waals surface area contributed by atoms with Crippen LogP contribution in [0.15, 0.2) is 30.3 Å². The smallest absolute Gasteiger partial charge is 0.0489 e. The lowest BCUT2D eigenvalue weighted by molar-refractivity contribution is 0.378. The SMILES string of the molecule is ClC1CCCCC1NCCCc1ccccc1. The van der Waals surface area contributed by atoms with Gasteiger partial charge in [-0.15, -0.1) is 11.6 Å². The largest absolute Gasteiger partial charge is 0.312 e. The third-order valence-corrected chi connectivity index (χ3v) is 4.10. The van der Waals surface area contributed by atoms with E-state index in [1.807, 2.05) is 0 Å². The number of aryl methyl sites for hydroxylation is 1. The third kappa shape index (κ3) is 4.33. The van der Waals surface area contributed by atoms with Crippen LogP contribution < -0.4 is 5.32 Å². The second-order valence-electron chi connectivity index (χ2n) is 4.95. The zero-order chi connectivity index (χ0) is 11.9. The van der Waals surface area contributed by atoms with Crippen molar-refractivity contribution >= 4 is 11.6 Å². The van der Waals surface area contributed by atoms with Crippen LogP contribution in [0, 0.1) is 0 Å². The van der Waals surface area contributed by atoms with Gasteiger partial charge in [-0.2, -0.15) is 0 Å². The summed E-state index contributed by atoms with van der Waals surface area (Å²) in [5.74, 6) is 0. The normalized spacial score (nSPS) is 24.8. The van der Waals surface area contributed by atoms with E-state index in [0.717, 1.165) is 13.0 Å². The Balaban J connectivity index is 1.63. The zero-order valence-electron chi connectivity index (χ0n) is 10.4. The first kappa shape index (κ1) is 12.9. The van der Waals surface area contributed by atoms with E-state index in [4.69, 9.17) is 11.6 Å². The van der Waals surface area contributed by atoms with Crippen molar-refractivity contribution in [3.05, 3.63) is 35.9 Å². The van der Waals surface area contributed by atoms with Crippen molar-refractivity contribution in [2.45, 2.75) is 49.9 Å². The van der Waals surface area contributed by atoms with E-state index in [1.165, 1.54) is 37.7 Å². The Kier molecular flexibility index (Phi) is 5.34. The van der Waals surface area contributed by atoms with E-state index in [1.54, 1.807) is 0 Å². The average molecular weight is 252 g/mol. The molecular weight excluding hydrogens is 230 g/mol. The molecule has 0 heterocycles. The lowest BCUT2D eigenvalue weighted by atomic mass is 9.95. The minimum absolute atomic E-state index is 0.348. The summed E-state index contributed by atoms with van der Waals surface area (Å²) in [6.07, 6.45) is 7.42. The van der Waals surface area contributed by atoms with Gasteiger partial charge in [-0.3, -0.25) is 0 Å². The van der Waals surface area contributed by atoms with Crippen molar-refractivity contribution in [2.75, 3.05) is 6.54 Å². The summed E-state index contributed by atoms with van der Waals surface area (Å²) in [6, 6.07) is 11.2. The van der Waals surface area contributed by atoms with E-state index in [9.17, 15) is 0 Å². The Morgan fingerprint density at radius 1 is 1.12 bits per heavy atom. The van der Waals surface area contributed by atoms with E-state index >= 15 is 0 Å². The van der Waals surface area contributed by atoms with Gasteiger partial charge < -0.3 is 5.32 Å². The van der Waals surface area contributed by atoms with Crippen LogP contribution in [0.2, 0.25) is 0 Å². The van der Waals surface area contributed by atoms with Gasteiger partial charge in [0.2, 0.25) is 0 Å². The predicted octanol–water partition coefficient (Wildman–Crippen LogP) is 3.76. The highest BCUT2D eigenvalue weighted by molar-refractivity contribution is 6.21. The molecule has 2 unspecified atom stereocenters. The summed E-state index contributed by atoms with van der Waals surface area (Å²) >= 11 is 6.32. The molecule has 1 aromatic rings. The summed E-state index contributed by atoms with van der Waals surface area (Å²) in [5.41, 5.74) is 1.43. The highest BCUT2D eigenvalue weighted by Gasteiger charge is 2.21. The minimum atomic E-state index is 0.348. The predicted molar refractivity (Wildman–Crippen MR) is 74.7 cm³/mol. The highest BCUT2D eigenvalue weighted by Crippen LogP contribution is 2.22. The van der Waals surface area contributed by atoms with Crippen LogP contribution in [-0.2, 0) is 6.42 Å². The Hall–Kier alpha value is -0.530. The molecule has 1 N–H and O–H groups in total. The fourth-order valence-electron chi connectivity index (χ4n) is 2.54. The molecule has 2 rings (SSSR count). The second-order valence-corrected chi connectivity index (χ2v) is 5.51. The van der Waals surface area contributed by atoms with Gasteiger partial charge in [-0.1, -0.05) is 43.2 Å². The number of hydrogen-bond donors (Lipinski definition) is 1. The molecule has 1 saturated carbocycles. The van der Waals surface area contributed by atoms with Crippen LogP contribution in [0.25, 0.3) is 0 Å². The molecule has 0 spiro atoms. The molecule has 0 amide bonds. The van der Waals surface area contributed by atoms with Gasteiger partial charge in [0.1, 0.15) is 0 Å². The van der Waals surface area contributed by atoms with Gasteiger partial charge >= 0.3 is 0 Å². The maximum absolute atomic E-state index is 6.32. The number of alkyl halides is 1.